The van der Waals surface area contributed by atoms with E-state index in [0.29, 0.717) is 0 Å². The maximum absolute atomic E-state index is 10.7. The quantitative estimate of drug-likeness (QED) is 0.602. The molecule has 0 saturated carbocycles. The fourth-order valence-electron chi connectivity index (χ4n) is 0.963. The van der Waals surface area contributed by atoms with Gasteiger partial charge in [0.15, 0.2) is 0 Å². The van der Waals surface area contributed by atoms with Crippen molar-refractivity contribution >= 4 is 5.97 Å². The monoisotopic (exact) mass is 240 g/mol. The van der Waals surface area contributed by atoms with Crippen LogP contribution < -0.4 is 14.2 Å². The van der Waals surface area contributed by atoms with Crippen molar-refractivity contribution in [3.63, 3.8) is 0 Å². The van der Waals surface area contributed by atoms with Gasteiger partial charge in [0.1, 0.15) is 0 Å². The Morgan fingerprint density at radius 1 is 1.29 bits per heavy atom. The molecule has 0 aromatic carbocycles. The zero-order chi connectivity index (χ0) is 12.8. The minimum atomic E-state index is -1.21. The molecule has 0 spiro atoms. The van der Waals surface area contributed by atoms with Gasteiger partial charge in [-0.05, 0) is 13.0 Å². The molecular weight excluding hydrogens is 228 g/mol. The Morgan fingerprint density at radius 2 is 1.82 bits per heavy atom. The average Bonchev–Trinajstić information content (AvgIpc) is 2.34. The van der Waals surface area contributed by atoms with Crippen LogP contribution in [0, 0.1) is 0 Å². The molecule has 0 bridgehead atoms. The van der Waals surface area contributed by atoms with Crippen LogP contribution in [-0.4, -0.2) is 35.3 Å². The predicted molar refractivity (Wildman–Crippen MR) is 57.2 cm³/mol. The number of rotatable bonds is 5. The summed E-state index contributed by atoms with van der Waals surface area (Å²) in [4.78, 5) is 18.4. The Bertz CT molecular complexity index is 422. The highest BCUT2D eigenvalue weighted by Crippen LogP contribution is 2.19. The second-order valence-corrected chi connectivity index (χ2v) is 2.80. The topological polar surface area (TPSA) is 90.8 Å². The fraction of sp³-hybridized carbons (Fsp3) is 0.300. The van der Waals surface area contributed by atoms with Gasteiger partial charge < -0.3 is 19.3 Å². The maximum atomic E-state index is 10.7. The molecule has 0 aliphatic heterocycles. The van der Waals surface area contributed by atoms with Gasteiger partial charge in [-0.3, -0.25) is 0 Å². The number of hydrogen-bond acceptors (Lipinski definition) is 6. The Kier molecular flexibility index (Phi) is 4.27. The van der Waals surface area contributed by atoms with Crippen molar-refractivity contribution in [1.82, 2.24) is 9.97 Å². The van der Waals surface area contributed by atoms with Gasteiger partial charge in [0.2, 0.25) is 17.5 Å². The summed E-state index contributed by atoms with van der Waals surface area (Å²) in [5.74, 6) is -1.06. The summed E-state index contributed by atoms with van der Waals surface area (Å²) in [6, 6.07) is 1.29. The number of nitrogens with zero attached hydrogens (tertiary/aromatic N) is 2. The molecule has 0 atom stereocenters. The lowest BCUT2D eigenvalue weighted by atomic mass is 10.5. The number of aromatic nitrogens is 2. The highest BCUT2D eigenvalue weighted by molar-refractivity contribution is 5.84. The van der Waals surface area contributed by atoms with Crippen LogP contribution in [0.5, 0.6) is 17.8 Å². The van der Waals surface area contributed by atoms with Gasteiger partial charge in [0.25, 0.3) is 0 Å². The molecule has 92 valence electrons. The third-order valence-corrected chi connectivity index (χ3v) is 1.75. The Labute approximate surface area is 97.7 Å². The SMILES string of the molecule is C/C=C(/Oc1nc(OC)cc(OC)n1)C(=O)O. The van der Waals surface area contributed by atoms with E-state index in [-0.39, 0.29) is 23.5 Å². The van der Waals surface area contributed by atoms with E-state index in [2.05, 4.69) is 9.97 Å². The van der Waals surface area contributed by atoms with Crippen LogP contribution in [0.4, 0.5) is 0 Å². The maximum Gasteiger partial charge on any atom is 0.371 e. The molecule has 7 heteroatoms. The van der Waals surface area contributed by atoms with Crippen LogP contribution in [-0.2, 0) is 4.79 Å². The second kappa shape index (κ2) is 5.69. The summed E-state index contributed by atoms with van der Waals surface area (Å²) in [5.41, 5.74) is 0. The molecular formula is C10H12N2O5. The van der Waals surface area contributed by atoms with E-state index < -0.39 is 5.97 Å². The number of allylic oxidation sites excluding steroid dienone is 1. The van der Waals surface area contributed by atoms with Crippen LogP contribution >= 0.6 is 0 Å². The van der Waals surface area contributed by atoms with E-state index in [0.717, 1.165) is 0 Å². The van der Waals surface area contributed by atoms with Crippen molar-refractivity contribution in [1.29, 1.82) is 0 Å². The lowest BCUT2D eigenvalue weighted by molar-refractivity contribution is -0.135. The minimum absolute atomic E-state index is 0.156. The normalized spacial score (nSPS) is 10.9. The Hall–Kier alpha value is -2.31. The number of carboxylic acid groups (broad SMARTS) is 1. The molecule has 1 aromatic rings. The molecule has 17 heavy (non-hydrogen) atoms. The van der Waals surface area contributed by atoms with Crippen LogP contribution in [0.2, 0.25) is 0 Å². The highest BCUT2D eigenvalue weighted by atomic mass is 16.5. The van der Waals surface area contributed by atoms with E-state index in [9.17, 15) is 4.79 Å². The van der Waals surface area contributed by atoms with Crippen molar-refractivity contribution in [2.24, 2.45) is 0 Å². The average molecular weight is 240 g/mol. The lowest BCUT2D eigenvalue weighted by Gasteiger charge is -2.07. The predicted octanol–water partition coefficient (Wildman–Crippen LogP) is 0.861. The molecule has 0 fully saturated rings. The standard InChI is InChI=1S/C10H12N2O5/c1-4-6(9(13)14)17-10-11-7(15-2)5-8(12-10)16-3/h4-5H,1-3H3,(H,13,14)/b6-4+. The summed E-state index contributed by atoms with van der Waals surface area (Å²) >= 11 is 0. The molecule has 0 amide bonds. The first kappa shape index (κ1) is 12.8. The van der Waals surface area contributed by atoms with Crippen molar-refractivity contribution in [2.75, 3.05) is 14.2 Å². The summed E-state index contributed by atoms with van der Waals surface area (Å²) in [6.07, 6.45) is 1.29. The summed E-state index contributed by atoms with van der Waals surface area (Å²) < 4.78 is 14.8. The molecule has 0 aliphatic rings. The molecule has 1 aromatic heterocycles. The third-order valence-electron chi connectivity index (χ3n) is 1.75. The minimum Gasteiger partial charge on any atom is -0.481 e. The molecule has 1 N–H and O–H groups in total. The van der Waals surface area contributed by atoms with Crippen LogP contribution in [0.25, 0.3) is 0 Å². The number of carbonyl (C=O) groups is 1. The highest BCUT2D eigenvalue weighted by Gasteiger charge is 2.13. The number of carboxylic acids is 1. The van der Waals surface area contributed by atoms with Gasteiger partial charge in [0.05, 0.1) is 20.3 Å². The molecule has 0 saturated heterocycles. The van der Waals surface area contributed by atoms with Crippen LogP contribution in [0.3, 0.4) is 0 Å². The van der Waals surface area contributed by atoms with E-state index >= 15 is 0 Å². The number of ether oxygens (including phenoxy) is 3. The molecule has 7 nitrogen and oxygen atoms in total. The van der Waals surface area contributed by atoms with E-state index in [1.165, 1.54) is 33.3 Å². The summed E-state index contributed by atoms with van der Waals surface area (Å²) in [7, 11) is 2.83. The van der Waals surface area contributed by atoms with Crippen LogP contribution in [0.15, 0.2) is 17.9 Å². The summed E-state index contributed by atoms with van der Waals surface area (Å²) in [5, 5.41) is 8.78. The molecule has 0 radical (unpaired) electrons. The third kappa shape index (κ3) is 3.33. The number of methoxy groups -OCH3 is 2. The second-order valence-electron chi connectivity index (χ2n) is 2.80. The van der Waals surface area contributed by atoms with Gasteiger partial charge in [-0.1, -0.05) is 0 Å². The first-order valence-electron chi connectivity index (χ1n) is 4.65. The number of aliphatic carboxylic acids is 1. The van der Waals surface area contributed by atoms with Gasteiger partial charge in [-0.2, -0.15) is 9.97 Å². The largest absolute Gasteiger partial charge is 0.481 e. The lowest BCUT2D eigenvalue weighted by Crippen LogP contribution is -2.09. The number of hydrogen-bond donors (Lipinski definition) is 1. The van der Waals surface area contributed by atoms with Gasteiger partial charge in [0, 0.05) is 0 Å². The van der Waals surface area contributed by atoms with Crippen molar-refractivity contribution in [3.8, 4) is 17.8 Å². The fourth-order valence-corrected chi connectivity index (χ4v) is 0.963. The zero-order valence-electron chi connectivity index (χ0n) is 9.63. The van der Waals surface area contributed by atoms with Gasteiger partial charge in [-0.15, -0.1) is 0 Å². The molecule has 1 heterocycles. The van der Waals surface area contributed by atoms with Crippen molar-refractivity contribution in [3.05, 3.63) is 17.9 Å². The van der Waals surface area contributed by atoms with Gasteiger partial charge >= 0.3 is 12.0 Å². The first-order valence-corrected chi connectivity index (χ1v) is 4.65. The summed E-state index contributed by atoms with van der Waals surface area (Å²) in [6.45, 7) is 1.53. The van der Waals surface area contributed by atoms with E-state index in [1.54, 1.807) is 0 Å². The molecule has 0 aliphatic carbocycles. The Morgan fingerprint density at radius 3 is 2.18 bits per heavy atom. The van der Waals surface area contributed by atoms with Crippen molar-refractivity contribution < 1.29 is 24.1 Å². The van der Waals surface area contributed by atoms with Crippen molar-refractivity contribution in [2.45, 2.75) is 6.92 Å². The zero-order valence-corrected chi connectivity index (χ0v) is 9.63. The molecule has 0 unspecified atom stereocenters. The first-order chi connectivity index (χ1) is 8.10. The molecule has 1 rings (SSSR count). The Balaban J connectivity index is 3.01. The smallest absolute Gasteiger partial charge is 0.371 e. The van der Waals surface area contributed by atoms with E-state index in [4.69, 9.17) is 19.3 Å². The van der Waals surface area contributed by atoms with Gasteiger partial charge in [-0.25, -0.2) is 4.79 Å². The van der Waals surface area contributed by atoms with E-state index in [1.807, 2.05) is 0 Å². The van der Waals surface area contributed by atoms with Crippen LogP contribution in [0.1, 0.15) is 6.92 Å².